The number of hydrogen-bond donors (Lipinski definition) is 1. The third kappa shape index (κ3) is 2.50. The maximum atomic E-state index is 12.4. The van der Waals surface area contributed by atoms with E-state index < -0.39 is 0 Å². The molecule has 0 aromatic carbocycles. The summed E-state index contributed by atoms with van der Waals surface area (Å²) in [6.07, 6.45) is 3.75. The molecule has 3 unspecified atom stereocenters. The Kier molecular flexibility index (Phi) is 4.09. The van der Waals surface area contributed by atoms with Gasteiger partial charge in [0, 0.05) is 0 Å². The predicted octanol–water partition coefficient (Wildman–Crippen LogP) is 1.01. The van der Waals surface area contributed by atoms with E-state index in [1.54, 1.807) is 6.92 Å². The molecule has 0 spiro atoms. The Morgan fingerprint density at radius 3 is 2.82 bits per heavy atom. The number of hydrogen-bond acceptors (Lipinski definition) is 4. The van der Waals surface area contributed by atoms with Gasteiger partial charge >= 0.3 is 0 Å². The zero-order valence-corrected chi connectivity index (χ0v) is 11.3. The highest BCUT2D eigenvalue weighted by Crippen LogP contribution is 2.34. The van der Waals surface area contributed by atoms with Crippen LogP contribution in [0.4, 0.5) is 0 Å². The van der Waals surface area contributed by atoms with Crippen LogP contribution in [0.1, 0.15) is 32.6 Å². The predicted molar refractivity (Wildman–Crippen MR) is 68.9 cm³/mol. The van der Waals surface area contributed by atoms with Crippen LogP contribution in [0, 0.1) is 0 Å². The van der Waals surface area contributed by atoms with Crippen molar-refractivity contribution in [3.8, 4) is 0 Å². The number of thioether (sulfide) groups is 1. The van der Waals surface area contributed by atoms with Crippen LogP contribution in [0.15, 0.2) is 0 Å². The van der Waals surface area contributed by atoms with Gasteiger partial charge in [-0.15, -0.1) is 11.8 Å². The normalized spacial score (nSPS) is 34.1. The molecule has 0 saturated carbocycles. The molecule has 2 aliphatic heterocycles. The quantitative estimate of drug-likeness (QED) is 0.801. The molecule has 2 rings (SSSR count). The zero-order chi connectivity index (χ0) is 12.4. The van der Waals surface area contributed by atoms with Crippen LogP contribution in [0.25, 0.3) is 0 Å². The van der Waals surface area contributed by atoms with Crippen molar-refractivity contribution in [2.45, 2.75) is 50.1 Å². The van der Waals surface area contributed by atoms with Crippen molar-refractivity contribution >= 4 is 23.5 Å². The first-order valence-electron chi connectivity index (χ1n) is 6.26. The highest BCUT2D eigenvalue weighted by molar-refractivity contribution is 7.99. The fourth-order valence-electron chi connectivity index (χ4n) is 2.72. The summed E-state index contributed by atoms with van der Waals surface area (Å²) >= 11 is 1.82. The number of amides is 1. The monoisotopic (exact) mass is 256 g/mol. The summed E-state index contributed by atoms with van der Waals surface area (Å²) < 4.78 is 0. The van der Waals surface area contributed by atoms with Crippen LogP contribution in [0.2, 0.25) is 0 Å². The van der Waals surface area contributed by atoms with Gasteiger partial charge in [0.15, 0.2) is 5.78 Å². The fourth-order valence-corrected chi connectivity index (χ4v) is 4.10. The zero-order valence-electron chi connectivity index (χ0n) is 10.4. The molecule has 1 amide bonds. The van der Waals surface area contributed by atoms with E-state index in [4.69, 9.17) is 0 Å². The molecule has 96 valence electrons. The number of fused-ring (bicyclic) bond motifs is 1. The van der Waals surface area contributed by atoms with E-state index in [9.17, 15) is 9.59 Å². The minimum absolute atomic E-state index is 0.111. The van der Waals surface area contributed by atoms with Crippen LogP contribution in [-0.4, -0.2) is 46.8 Å². The van der Waals surface area contributed by atoms with Crippen molar-refractivity contribution in [2.75, 3.05) is 12.8 Å². The molecular weight excluding hydrogens is 236 g/mol. The lowest BCUT2D eigenvalue weighted by atomic mass is 10.1. The molecule has 4 nitrogen and oxygen atoms in total. The summed E-state index contributed by atoms with van der Waals surface area (Å²) in [7, 11) is 1.82. The van der Waals surface area contributed by atoms with Crippen LogP contribution in [-0.2, 0) is 9.59 Å². The van der Waals surface area contributed by atoms with Crippen molar-refractivity contribution in [2.24, 2.45) is 0 Å². The molecule has 0 radical (unpaired) electrons. The maximum Gasteiger partial charge on any atom is 0.241 e. The van der Waals surface area contributed by atoms with Crippen molar-refractivity contribution < 1.29 is 9.59 Å². The number of likely N-dealkylation sites (N-methyl/N-ethyl adjacent to an activating group) is 1. The Bertz CT molecular complexity index is 322. The summed E-state index contributed by atoms with van der Waals surface area (Å²) in [5, 5.41) is 3.29. The van der Waals surface area contributed by atoms with Crippen molar-refractivity contribution in [1.29, 1.82) is 0 Å². The lowest BCUT2D eigenvalue weighted by Gasteiger charge is -2.40. The Labute approximate surface area is 106 Å². The first-order valence-corrected chi connectivity index (χ1v) is 7.31. The Morgan fingerprint density at radius 1 is 1.41 bits per heavy atom. The number of carbonyl (C=O) groups is 2. The van der Waals surface area contributed by atoms with Crippen LogP contribution in [0.5, 0.6) is 0 Å². The first-order chi connectivity index (χ1) is 8.15. The summed E-state index contributed by atoms with van der Waals surface area (Å²) in [5.74, 6) is 1.23. The molecule has 2 aliphatic rings. The third-order valence-corrected chi connectivity index (χ3v) is 4.98. The standard InChI is InChI=1S/C12H20N2O2S/c1-8(15)10-6-7-17-11-5-3-4-9(13-2)12(16)14(10)11/h9-11,13H,3-7H2,1-2H3. The van der Waals surface area contributed by atoms with Gasteiger partial charge in [-0.25, -0.2) is 0 Å². The van der Waals surface area contributed by atoms with Gasteiger partial charge in [0.2, 0.25) is 5.91 Å². The SMILES string of the molecule is CNC1CCCC2SCCC(C(C)=O)N2C1=O. The van der Waals surface area contributed by atoms with E-state index in [1.807, 2.05) is 23.7 Å². The molecule has 3 atom stereocenters. The van der Waals surface area contributed by atoms with Gasteiger partial charge in [-0.2, -0.15) is 0 Å². The largest absolute Gasteiger partial charge is 0.319 e. The van der Waals surface area contributed by atoms with Crippen molar-refractivity contribution in [1.82, 2.24) is 10.2 Å². The number of Topliss-reactive ketones (excluding diaryl/α,β-unsaturated/α-hetero) is 1. The Balaban J connectivity index is 2.24. The molecule has 2 saturated heterocycles. The van der Waals surface area contributed by atoms with Gasteiger partial charge in [0.25, 0.3) is 0 Å². The van der Waals surface area contributed by atoms with E-state index in [0.29, 0.717) is 0 Å². The van der Waals surface area contributed by atoms with Gasteiger partial charge in [-0.05, 0) is 45.4 Å². The van der Waals surface area contributed by atoms with E-state index >= 15 is 0 Å². The fraction of sp³-hybridized carbons (Fsp3) is 0.833. The van der Waals surface area contributed by atoms with E-state index in [1.165, 1.54) is 0 Å². The maximum absolute atomic E-state index is 12.4. The first kappa shape index (κ1) is 12.9. The van der Waals surface area contributed by atoms with Crippen molar-refractivity contribution in [3.05, 3.63) is 0 Å². The molecule has 1 N–H and O–H groups in total. The number of nitrogens with zero attached hydrogens (tertiary/aromatic N) is 1. The van der Waals surface area contributed by atoms with Crippen LogP contribution >= 0.6 is 11.8 Å². The molecule has 2 heterocycles. The van der Waals surface area contributed by atoms with Crippen molar-refractivity contribution in [3.63, 3.8) is 0 Å². The molecule has 0 bridgehead atoms. The molecule has 0 aromatic rings. The summed E-state index contributed by atoms with van der Waals surface area (Å²) in [6, 6.07) is -0.303. The second-order valence-electron chi connectivity index (χ2n) is 4.76. The van der Waals surface area contributed by atoms with E-state index in [0.717, 1.165) is 31.4 Å². The minimum atomic E-state index is -0.192. The molecule has 17 heavy (non-hydrogen) atoms. The van der Waals surface area contributed by atoms with Crippen LogP contribution in [0.3, 0.4) is 0 Å². The number of nitrogens with one attached hydrogen (secondary N) is 1. The summed E-state index contributed by atoms with van der Waals surface area (Å²) in [4.78, 5) is 26.0. The van der Waals surface area contributed by atoms with E-state index in [-0.39, 0.29) is 29.1 Å². The van der Waals surface area contributed by atoms with E-state index in [2.05, 4.69) is 5.32 Å². The summed E-state index contributed by atoms with van der Waals surface area (Å²) in [5.41, 5.74) is 0. The Morgan fingerprint density at radius 2 is 2.18 bits per heavy atom. The molecule has 0 aromatic heterocycles. The smallest absolute Gasteiger partial charge is 0.241 e. The third-order valence-electron chi connectivity index (χ3n) is 3.66. The molecule has 2 fully saturated rings. The van der Waals surface area contributed by atoms with Gasteiger partial charge < -0.3 is 10.2 Å². The molecule has 0 aliphatic carbocycles. The average molecular weight is 256 g/mol. The minimum Gasteiger partial charge on any atom is -0.319 e. The number of ketones is 1. The summed E-state index contributed by atoms with van der Waals surface area (Å²) in [6.45, 7) is 1.60. The highest BCUT2D eigenvalue weighted by Gasteiger charge is 2.40. The second-order valence-corrected chi connectivity index (χ2v) is 6.04. The number of rotatable bonds is 2. The number of carbonyl (C=O) groups excluding carboxylic acids is 2. The highest BCUT2D eigenvalue weighted by atomic mass is 32.2. The molecule has 5 heteroatoms. The topological polar surface area (TPSA) is 49.4 Å². The average Bonchev–Trinajstić information content (AvgIpc) is 2.48. The van der Waals surface area contributed by atoms with Gasteiger partial charge in [-0.3, -0.25) is 9.59 Å². The Hall–Kier alpha value is -0.550. The van der Waals surface area contributed by atoms with Gasteiger partial charge in [0.1, 0.15) is 0 Å². The van der Waals surface area contributed by atoms with Crippen LogP contribution < -0.4 is 5.32 Å². The lowest BCUT2D eigenvalue weighted by molar-refractivity contribution is -0.141. The van der Waals surface area contributed by atoms with Gasteiger partial charge in [0.05, 0.1) is 17.5 Å². The molecular formula is C12H20N2O2S. The second kappa shape index (κ2) is 5.40. The van der Waals surface area contributed by atoms with Gasteiger partial charge in [-0.1, -0.05) is 0 Å². The lowest BCUT2D eigenvalue weighted by Crippen LogP contribution is -2.55.